The Hall–Kier alpha value is -2.70. The maximum absolute atomic E-state index is 12.8. The molecule has 7 nitrogen and oxygen atoms in total. The number of carbonyl (C=O) groups excluding carboxylic acids is 1. The molecular weight excluding hydrogens is 284 g/mol. The van der Waals surface area contributed by atoms with Gasteiger partial charge in [-0.25, -0.2) is 4.98 Å². The Kier molecular flexibility index (Phi) is 3.62. The van der Waals surface area contributed by atoms with Crippen molar-refractivity contribution in [2.24, 2.45) is 0 Å². The maximum Gasteiger partial charge on any atom is 0.269 e. The second-order valence-corrected chi connectivity index (χ2v) is 5.39. The van der Waals surface area contributed by atoms with Gasteiger partial charge in [0.15, 0.2) is 0 Å². The van der Waals surface area contributed by atoms with E-state index in [1.165, 1.54) is 18.2 Å². The number of hydrogen-bond acceptors (Lipinski definition) is 4. The number of non-ortho nitro benzene ring substituents is 1. The lowest BCUT2D eigenvalue weighted by Crippen LogP contribution is -2.31. The summed E-state index contributed by atoms with van der Waals surface area (Å²) < 4.78 is 0. The van der Waals surface area contributed by atoms with Crippen LogP contribution in [0.15, 0.2) is 30.6 Å². The van der Waals surface area contributed by atoms with E-state index in [-0.39, 0.29) is 17.6 Å². The summed E-state index contributed by atoms with van der Waals surface area (Å²) in [6, 6.07) is 4.29. The fraction of sp³-hybridized carbons (Fsp3) is 0.333. The van der Waals surface area contributed by atoms with Gasteiger partial charge in [0.05, 0.1) is 11.0 Å². The average Bonchev–Trinajstić information content (AvgIpc) is 3.16. The van der Waals surface area contributed by atoms with Gasteiger partial charge in [0.2, 0.25) is 0 Å². The normalized spacial score (nSPS) is 17.7. The van der Waals surface area contributed by atoms with E-state index in [1.54, 1.807) is 24.2 Å². The number of nitro groups is 1. The summed E-state index contributed by atoms with van der Waals surface area (Å²) in [4.78, 5) is 32.2. The first-order valence-electron chi connectivity index (χ1n) is 7.13. The number of aromatic amines is 1. The van der Waals surface area contributed by atoms with Crippen LogP contribution >= 0.6 is 0 Å². The molecule has 0 aliphatic carbocycles. The van der Waals surface area contributed by atoms with Crippen LogP contribution in [0.2, 0.25) is 0 Å². The van der Waals surface area contributed by atoms with Crippen molar-refractivity contribution in [3.8, 4) is 0 Å². The van der Waals surface area contributed by atoms with Gasteiger partial charge in [-0.2, -0.15) is 0 Å². The Morgan fingerprint density at radius 2 is 2.32 bits per heavy atom. The third-order valence-electron chi connectivity index (χ3n) is 4.00. The first-order valence-corrected chi connectivity index (χ1v) is 7.13. The topological polar surface area (TPSA) is 92.1 Å². The van der Waals surface area contributed by atoms with E-state index in [0.717, 1.165) is 18.7 Å². The summed E-state index contributed by atoms with van der Waals surface area (Å²) in [7, 11) is 0. The molecule has 2 heterocycles. The highest BCUT2D eigenvalue weighted by Crippen LogP contribution is 2.32. The molecule has 1 fully saturated rings. The predicted octanol–water partition coefficient (Wildman–Crippen LogP) is 2.60. The highest BCUT2D eigenvalue weighted by Gasteiger charge is 2.32. The summed E-state index contributed by atoms with van der Waals surface area (Å²) in [5, 5.41) is 10.8. The molecule has 0 saturated carbocycles. The van der Waals surface area contributed by atoms with Gasteiger partial charge in [-0.1, -0.05) is 0 Å². The van der Waals surface area contributed by atoms with Crippen molar-refractivity contribution in [2.45, 2.75) is 25.8 Å². The van der Waals surface area contributed by atoms with Gasteiger partial charge in [0.1, 0.15) is 5.82 Å². The molecule has 1 aromatic heterocycles. The monoisotopic (exact) mass is 300 g/mol. The van der Waals surface area contributed by atoms with Crippen molar-refractivity contribution >= 4 is 11.6 Å². The lowest BCUT2D eigenvalue weighted by atomic mass is 10.1. The zero-order valence-electron chi connectivity index (χ0n) is 12.2. The fourth-order valence-corrected chi connectivity index (χ4v) is 2.91. The van der Waals surface area contributed by atoms with Crippen LogP contribution in [0.1, 0.15) is 40.6 Å². The maximum atomic E-state index is 12.8. The molecule has 114 valence electrons. The standard InChI is InChI=1S/C15H16N4O3/c1-10-9-11(19(21)22)4-5-12(10)15(20)18-8-2-3-13(18)14-16-6-7-17-14/h4-7,9,13H,2-3,8H2,1H3,(H,16,17). The van der Waals surface area contributed by atoms with Crippen LogP contribution < -0.4 is 0 Å². The molecule has 1 unspecified atom stereocenters. The molecule has 0 spiro atoms. The molecule has 1 N–H and O–H groups in total. The number of likely N-dealkylation sites (tertiary alicyclic amines) is 1. The number of nitrogens with zero attached hydrogens (tertiary/aromatic N) is 3. The summed E-state index contributed by atoms with van der Waals surface area (Å²) in [5.41, 5.74) is 1.12. The van der Waals surface area contributed by atoms with Crippen molar-refractivity contribution < 1.29 is 9.72 Å². The zero-order valence-corrected chi connectivity index (χ0v) is 12.2. The Morgan fingerprint density at radius 1 is 1.50 bits per heavy atom. The Bertz CT molecular complexity index is 712. The van der Waals surface area contributed by atoms with Gasteiger partial charge in [-0.05, 0) is 31.4 Å². The van der Waals surface area contributed by atoms with Crippen LogP contribution in [-0.2, 0) is 0 Å². The van der Waals surface area contributed by atoms with Crippen molar-refractivity contribution in [3.05, 3.63) is 57.7 Å². The number of aryl methyl sites for hydroxylation is 1. The second kappa shape index (κ2) is 5.59. The van der Waals surface area contributed by atoms with Gasteiger partial charge < -0.3 is 9.88 Å². The molecule has 1 aromatic carbocycles. The van der Waals surface area contributed by atoms with Crippen molar-refractivity contribution in [1.29, 1.82) is 0 Å². The van der Waals surface area contributed by atoms with Crippen molar-refractivity contribution in [2.75, 3.05) is 6.54 Å². The highest BCUT2D eigenvalue weighted by molar-refractivity contribution is 5.96. The summed E-state index contributed by atoms with van der Waals surface area (Å²) in [6.45, 7) is 2.39. The lowest BCUT2D eigenvalue weighted by Gasteiger charge is -2.24. The van der Waals surface area contributed by atoms with Crippen LogP contribution in [0.25, 0.3) is 0 Å². The Labute approximate surface area is 127 Å². The van der Waals surface area contributed by atoms with Crippen LogP contribution in [0, 0.1) is 17.0 Å². The van der Waals surface area contributed by atoms with Crippen LogP contribution in [0.4, 0.5) is 5.69 Å². The highest BCUT2D eigenvalue weighted by atomic mass is 16.6. The SMILES string of the molecule is Cc1cc([N+](=O)[O-])ccc1C(=O)N1CCCC1c1ncc[nH]1. The summed E-state index contributed by atoms with van der Waals surface area (Å²) in [6.07, 6.45) is 5.20. The second-order valence-electron chi connectivity index (χ2n) is 5.39. The first-order chi connectivity index (χ1) is 10.6. The minimum atomic E-state index is -0.456. The van der Waals surface area contributed by atoms with E-state index < -0.39 is 4.92 Å². The van der Waals surface area contributed by atoms with Gasteiger partial charge in [0.25, 0.3) is 11.6 Å². The molecule has 1 atom stereocenters. The fourth-order valence-electron chi connectivity index (χ4n) is 2.91. The minimum absolute atomic E-state index is 0.00180. The van der Waals surface area contributed by atoms with E-state index >= 15 is 0 Å². The first kappa shape index (κ1) is 14.2. The molecule has 1 aliphatic rings. The smallest absolute Gasteiger partial charge is 0.269 e. The molecule has 1 amide bonds. The third kappa shape index (κ3) is 2.45. The minimum Gasteiger partial charge on any atom is -0.347 e. The average molecular weight is 300 g/mol. The Balaban J connectivity index is 1.89. The molecule has 22 heavy (non-hydrogen) atoms. The largest absolute Gasteiger partial charge is 0.347 e. The Morgan fingerprint density at radius 3 is 2.95 bits per heavy atom. The van der Waals surface area contributed by atoms with Crippen LogP contribution in [0.3, 0.4) is 0 Å². The van der Waals surface area contributed by atoms with Gasteiger partial charge in [-0.3, -0.25) is 14.9 Å². The number of aromatic nitrogens is 2. The molecule has 2 aromatic rings. The number of imidazole rings is 1. The van der Waals surface area contributed by atoms with E-state index in [4.69, 9.17) is 0 Å². The molecule has 0 bridgehead atoms. The number of nitrogens with one attached hydrogen (secondary N) is 1. The van der Waals surface area contributed by atoms with Gasteiger partial charge in [-0.15, -0.1) is 0 Å². The van der Waals surface area contributed by atoms with Gasteiger partial charge in [0, 0.05) is 36.6 Å². The van der Waals surface area contributed by atoms with Gasteiger partial charge >= 0.3 is 0 Å². The number of H-pyrrole nitrogens is 1. The van der Waals surface area contributed by atoms with Crippen LogP contribution in [-0.4, -0.2) is 32.2 Å². The van der Waals surface area contributed by atoms with Crippen LogP contribution in [0.5, 0.6) is 0 Å². The molecule has 1 aliphatic heterocycles. The predicted molar refractivity (Wildman–Crippen MR) is 79.4 cm³/mol. The quantitative estimate of drug-likeness (QED) is 0.696. The molecule has 7 heteroatoms. The molecule has 0 radical (unpaired) electrons. The number of rotatable bonds is 3. The summed E-state index contributed by atoms with van der Waals surface area (Å²) >= 11 is 0. The number of benzene rings is 1. The number of carbonyl (C=O) groups is 1. The molecular formula is C15H16N4O3. The molecule has 1 saturated heterocycles. The number of nitro benzene ring substituents is 1. The van der Waals surface area contributed by atoms with Crippen molar-refractivity contribution in [3.63, 3.8) is 0 Å². The third-order valence-corrected chi connectivity index (χ3v) is 4.00. The van der Waals surface area contributed by atoms with E-state index in [2.05, 4.69) is 9.97 Å². The van der Waals surface area contributed by atoms with Crippen molar-refractivity contribution in [1.82, 2.24) is 14.9 Å². The number of amides is 1. The van der Waals surface area contributed by atoms with E-state index in [1.807, 2.05) is 0 Å². The number of hydrogen-bond donors (Lipinski definition) is 1. The van der Waals surface area contributed by atoms with E-state index in [0.29, 0.717) is 17.7 Å². The van der Waals surface area contributed by atoms with E-state index in [9.17, 15) is 14.9 Å². The summed E-state index contributed by atoms with van der Waals surface area (Å²) in [5.74, 6) is 0.678. The molecule has 3 rings (SSSR count). The zero-order chi connectivity index (χ0) is 15.7. The lowest BCUT2D eigenvalue weighted by molar-refractivity contribution is -0.384.